The van der Waals surface area contributed by atoms with Crippen LogP contribution in [-0.4, -0.2) is 20.6 Å². The van der Waals surface area contributed by atoms with Crippen LogP contribution in [0.2, 0.25) is 0 Å². The number of aromatic nitrogens is 2. The van der Waals surface area contributed by atoms with Crippen LogP contribution in [0, 0.1) is 17.0 Å². The number of nitrogens with zero attached hydrogens (tertiary/aromatic N) is 3. The fourth-order valence-electron chi connectivity index (χ4n) is 3.21. The van der Waals surface area contributed by atoms with E-state index in [1.165, 1.54) is 12.1 Å². The molecule has 2 heterocycles. The van der Waals surface area contributed by atoms with Crippen molar-refractivity contribution in [2.45, 2.75) is 24.9 Å². The Balaban J connectivity index is 1.60. The second kappa shape index (κ2) is 7.47. The Bertz CT molecular complexity index is 1060. The SMILES string of the molecule is Cc1ccccc1-n1nc2c(c1NC(=O)Cc1ccc([N+](=O)[O-])cc1)CSC2. The Morgan fingerprint density at radius 1 is 1.21 bits per heavy atom. The van der Waals surface area contributed by atoms with E-state index in [1.807, 2.05) is 35.9 Å². The lowest BCUT2D eigenvalue weighted by Gasteiger charge is -2.13. The van der Waals surface area contributed by atoms with Gasteiger partial charge in [0.2, 0.25) is 5.91 Å². The number of nitro groups is 1. The van der Waals surface area contributed by atoms with Crippen LogP contribution in [0.15, 0.2) is 48.5 Å². The van der Waals surface area contributed by atoms with E-state index in [4.69, 9.17) is 5.10 Å². The fraction of sp³-hybridized carbons (Fsp3) is 0.200. The summed E-state index contributed by atoms with van der Waals surface area (Å²) in [5.41, 5.74) is 4.80. The van der Waals surface area contributed by atoms with Crippen molar-refractivity contribution in [2.24, 2.45) is 0 Å². The van der Waals surface area contributed by atoms with Gasteiger partial charge in [-0.2, -0.15) is 16.9 Å². The van der Waals surface area contributed by atoms with Crippen LogP contribution < -0.4 is 5.32 Å². The second-order valence-corrected chi connectivity index (χ2v) is 7.60. The molecule has 4 rings (SSSR count). The van der Waals surface area contributed by atoms with Gasteiger partial charge < -0.3 is 5.32 Å². The van der Waals surface area contributed by atoms with Crippen LogP contribution in [0.3, 0.4) is 0 Å². The molecule has 1 N–H and O–H groups in total. The van der Waals surface area contributed by atoms with Gasteiger partial charge in [-0.3, -0.25) is 14.9 Å². The molecule has 1 aliphatic heterocycles. The minimum Gasteiger partial charge on any atom is -0.310 e. The molecule has 1 aliphatic rings. The molecule has 0 saturated heterocycles. The van der Waals surface area contributed by atoms with Crippen molar-refractivity contribution in [3.63, 3.8) is 0 Å². The highest BCUT2D eigenvalue weighted by Gasteiger charge is 2.25. The minimum atomic E-state index is -0.453. The summed E-state index contributed by atoms with van der Waals surface area (Å²) in [6, 6.07) is 14.0. The number of amides is 1. The molecular weight excluding hydrogens is 376 g/mol. The molecule has 142 valence electrons. The summed E-state index contributed by atoms with van der Waals surface area (Å²) in [6.07, 6.45) is 0.138. The van der Waals surface area contributed by atoms with Gasteiger partial charge in [0.15, 0.2) is 0 Å². The van der Waals surface area contributed by atoms with E-state index < -0.39 is 4.92 Å². The molecule has 0 saturated carbocycles. The first-order valence-corrected chi connectivity index (χ1v) is 9.96. The standard InChI is InChI=1S/C20H18N4O3S/c1-13-4-2-3-5-18(13)23-20(16-11-28-12-17(16)22-23)21-19(25)10-14-6-8-15(9-7-14)24(26)27/h2-9H,10-12H2,1H3,(H,21,25). The van der Waals surface area contributed by atoms with Crippen molar-refractivity contribution >= 4 is 29.2 Å². The van der Waals surface area contributed by atoms with Gasteiger partial charge in [-0.15, -0.1) is 0 Å². The largest absolute Gasteiger partial charge is 0.310 e. The molecule has 28 heavy (non-hydrogen) atoms. The van der Waals surface area contributed by atoms with E-state index >= 15 is 0 Å². The lowest BCUT2D eigenvalue weighted by molar-refractivity contribution is -0.384. The number of fused-ring (bicyclic) bond motifs is 1. The summed E-state index contributed by atoms with van der Waals surface area (Å²) >= 11 is 1.78. The molecule has 1 amide bonds. The molecular formula is C20H18N4O3S. The molecule has 0 radical (unpaired) electrons. The molecule has 0 atom stereocenters. The number of hydrogen-bond donors (Lipinski definition) is 1. The average molecular weight is 394 g/mol. The third kappa shape index (κ3) is 3.50. The molecule has 0 unspecified atom stereocenters. The lowest BCUT2D eigenvalue weighted by atomic mass is 10.1. The van der Waals surface area contributed by atoms with Crippen molar-refractivity contribution in [2.75, 3.05) is 5.32 Å². The third-order valence-electron chi connectivity index (χ3n) is 4.67. The van der Waals surface area contributed by atoms with Gasteiger partial charge in [0, 0.05) is 29.2 Å². The zero-order chi connectivity index (χ0) is 19.7. The summed E-state index contributed by atoms with van der Waals surface area (Å²) in [7, 11) is 0. The Hall–Kier alpha value is -3.13. The smallest absolute Gasteiger partial charge is 0.269 e. The Morgan fingerprint density at radius 2 is 1.96 bits per heavy atom. The number of hydrogen-bond acceptors (Lipinski definition) is 5. The maximum Gasteiger partial charge on any atom is 0.269 e. The van der Waals surface area contributed by atoms with Crippen molar-refractivity contribution in [1.29, 1.82) is 0 Å². The number of nitro benzene ring substituents is 1. The highest BCUT2D eigenvalue weighted by molar-refractivity contribution is 7.98. The summed E-state index contributed by atoms with van der Waals surface area (Å²) < 4.78 is 1.81. The lowest BCUT2D eigenvalue weighted by Crippen LogP contribution is -2.18. The van der Waals surface area contributed by atoms with E-state index in [0.29, 0.717) is 5.82 Å². The number of anilines is 1. The van der Waals surface area contributed by atoms with E-state index in [2.05, 4.69) is 5.32 Å². The molecule has 0 bridgehead atoms. The quantitative estimate of drug-likeness (QED) is 0.521. The number of thioether (sulfide) groups is 1. The highest BCUT2D eigenvalue weighted by atomic mass is 32.2. The predicted octanol–water partition coefficient (Wildman–Crippen LogP) is 4.02. The summed E-state index contributed by atoms with van der Waals surface area (Å²) in [5.74, 6) is 2.18. The molecule has 2 aromatic carbocycles. The Morgan fingerprint density at radius 3 is 2.68 bits per heavy atom. The number of para-hydroxylation sites is 1. The van der Waals surface area contributed by atoms with Crippen molar-refractivity contribution in [3.05, 3.63) is 81.0 Å². The highest BCUT2D eigenvalue weighted by Crippen LogP contribution is 2.36. The van der Waals surface area contributed by atoms with Crippen LogP contribution in [0.5, 0.6) is 0 Å². The number of carbonyl (C=O) groups is 1. The van der Waals surface area contributed by atoms with Gasteiger partial charge in [0.05, 0.1) is 22.7 Å². The number of aryl methyl sites for hydroxylation is 1. The molecule has 8 heteroatoms. The summed E-state index contributed by atoms with van der Waals surface area (Å²) in [6.45, 7) is 2.01. The van der Waals surface area contributed by atoms with E-state index in [1.54, 1.807) is 23.9 Å². The van der Waals surface area contributed by atoms with E-state index in [-0.39, 0.29) is 18.0 Å². The zero-order valence-electron chi connectivity index (χ0n) is 15.2. The second-order valence-electron chi connectivity index (χ2n) is 6.61. The molecule has 0 fully saturated rings. The van der Waals surface area contributed by atoms with Crippen LogP contribution >= 0.6 is 11.8 Å². The molecule has 0 aliphatic carbocycles. The summed E-state index contributed by atoms with van der Waals surface area (Å²) in [5, 5.41) is 18.5. The minimum absolute atomic E-state index is 0.0108. The molecule has 3 aromatic rings. The first kappa shape index (κ1) is 18.2. The number of nitrogens with one attached hydrogen (secondary N) is 1. The number of carbonyl (C=O) groups excluding carboxylic acids is 1. The molecule has 7 nitrogen and oxygen atoms in total. The van der Waals surface area contributed by atoms with Crippen LogP contribution in [0.4, 0.5) is 11.5 Å². The van der Waals surface area contributed by atoms with Crippen LogP contribution in [-0.2, 0) is 22.7 Å². The van der Waals surface area contributed by atoms with Crippen molar-refractivity contribution in [1.82, 2.24) is 9.78 Å². The van der Waals surface area contributed by atoms with Gasteiger partial charge in [0.1, 0.15) is 5.82 Å². The van der Waals surface area contributed by atoms with E-state index in [0.717, 1.165) is 39.6 Å². The Labute approximate surface area is 165 Å². The monoisotopic (exact) mass is 394 g/mol. The van der Waals surface area contributed by atoms with Crippen molar-refractivity contribution in [3.8, 4) is 5.69 Å². The zero-order valence-corrected chi connectivity index (χ0v) is 16.0. The van der Waals surface area contributed by atoms with Gasteiger partial charge >= 0.3 is 0 Å². The van der Waals surface area contributed by atoms with Gasteiger partial charge in [0.25, 0.3) is 5.69 Å². The van der Waals surface area contributed by atoms with Crippen molar-refractivity contribution < 1.29 is 9.72 Å². The molecule has 1 aromatic heterocycles. The van der Waals surface area contributed by atoms with Gasteiger partial charge in [-0.1, -0.05) is 30.3 Å². The molecule has 0 spiro atoms. The summed E-state index contributed by atoms with van der Waals surface area (Å²) in [4.78, 5) is 23.0. The number of non-ortho nitro benzene ring substituents is 1. The maximum atomic E-state index is 12.7. The van der Waals surface area contributed by atoms with Crippen LogP contribution in [0.25, 0.3) is 5.69 Å². The number of rotatable bonds is 5. The van der Waals surface area contributed by atoms with E-state index in [9.17, 15) is 14.9 Å². The number of benzene rings is 2. The normalized spacial score (nSPS) is 12.6. The Kier molecular flexibility index (Phi) is 4.87. The van der Waals surface area contributed by atoms with Crippen LogP contribution in [0.1, 0.15) is 22.4 Å². The maximum absolute atomic E-state index is 12.7. The fourth-order valence-corrected chi connectivity index (χ4v) is 4.25. The third-order valence-corrected chi connectivity index (χ3v) is 5.64. The predicted molar refractivity (Wildman–Crippen MR) is 109 cm³/mol. The average Bonchev–Trinajstić information content (AvgIpc) is 3.25. The van der Waals surface area contributed by atoms with Gasteiger partial charge in [-0.05, 0) is 24.1 Å². The first-order chi connectivity index (χ1) is 13.5. The van der Waals surface area contributed by atoms with Gasteiger partial charge in [-0.25, -0.2) is 4.68 Å². The topological polar surface area (TPSA) is 90.1 Å². The first-order valence-electron chi connectivity index (χ1n) is 8.80.